The third-order valence-corrected chi connectivity index (χ3v) is 5.38. The highest BCUT2D eigenvalue weighted by molar-refractivity contribution is 5.95. The predicted molar refractivity (Wildman–Crippen MR) is 121 cm³/mol. The first-order valence-corrected chi connectivity index (χ1v) is 10.5. The number of nitrogens with zero attached hydrogens (tertiary/aromatic N) is 1. The Morgan fingerprint density at radius 2 is 1.75 bits per heavy atom. The molecule has 1 aliphatic heterocycles. The minimum Gasteiger partial charge on any atom is -0.488 e. The van der Waals surface area contributed by atoms with Gasteiger partial charge in [-0.15, -0.1) is 0 Å². The fraction of sp³-hybridized carbons (Fsp3) is 0.240. The van der Waals surface area contributed by atoms with Gasteiger partial charge in [0.1, 0.15) is 18.2 Å². The maximum Gasteiger partial charge on any atom is 0.337 e. The summed E-state index contributed by atoms with van der Waals surface area (Å²) in [5, 5.41) is 13.0. The standard InChI is InChI=1S/C25H25FN2O4/c26-22-7-3-1-6-19(22)17-32-24-8-4-2-5-18(24)16-27-20-9-10-23(21(15-20)25(29)30)28-11-13-31-14-12-28/h1-10,15,27H,11-14,16-17H2,(H,29,30). The Labute approximate surface area is 186 Å². The second kappa shape index (κ2) is 10.2. The summed E-state index contributed by atoms with van der Waals surface area (Å²) in [6.45, 7) is 3.06. The first-order valence-electron chi connectivity index (χ1n) is 10.5. The fourth-order valence-corrected chi connectivity index (χ4v) is 3.66. The van der Waals surface area contributed by atoms with Crippen molar-refractivity contribution in [2.24, 2.45) is 0 Å². The average Bonchev–Trinajstić information content (AvgIpc) is 2.83. The Bertz CT molecular complexity index is 1080. The molecule has 1 fully saturated rings. The molecule has 32 heavy (non-hydrogen) atoms. The van der Waals surface area contributed by atoms with E-state index < -0.39 is 5.97 Å². The highest BCUT2D eigenvalue weighted by Crippen LogP contribution is 2.27. The average molecular weight is 436 g/mol. The zero-order chi connectivity index (χ0) is 22.3. The van der Waals surface area contributed by atoms with Crippen LogP contribution in [0.25, 0.3) is 0 Å². The highest BCUT2D eigenvalue weighted by Gasteiger charge is 2.19. The number of aromatic carboxylic acids is 1. The molecule has 0 atom stereocenters. The molecular weight excluding hydrogens is 411 g/mol. The number of anilines is 2. The number of ether oxygens (including phenoxy) is 2. The van der Waals surface area contributed by atoms with E-state index in [4.69, 9.17) is 9.47 Å². The maximum absolute atomic E-state index is 13.9. The summed E-state index contributed by atoms with van der Waals surface area (Å²) in [5.74, 6) is -0.625. The summed E-state index contributed by atoms with van der Waals surface area (Å²) in [6.07, 6.45) is 0. The zero-order valence-electron chi connectivity index (χ0n) is 17.6. The van der Waals surface area contributed by atoms with Gasteiger partial charge in [-0.1, -0.05) is 36.4 Å². The van der Waals surface area contributed by atoms with Crippen LogP contribution >= 0.6 is 0 Å². The van der Waals surface area contributed by atoms with E-state index in [0.717, 1.165) is 5.56 Å². The molecule has 2 N–H and O–H groups in total. The maximum atomic E-state index is 13.9. The van der Waals surface area contributed by atoms with Crippen LogP contribution in [0.2, 0.25) is 0 Å². The number of morpholine rings is 1. The third-order valence-electron chi connectivity index (χ3n) is 5.38. The molecule has 6 nitrogen and oxygen atoms in total. The minimum absolute atomic E-state index is 0.126. The van der Waals surface area contributed by atoms with E-state index in [1.54, 1.807) is 24.3 Å². The Kier molecular flexibility index (Phi) is 6.87. The number of hydrogen-bond acceptors (Lipinski definition) is 5. The smallest absolute Gasteiger partial charge is 0.337 e. The normalized spacial score (nSPS) is 13.6. The molecule has 166 valence electrons. The lowest BCUT2D eigenvalue weighted by atomic mass is 10.1. The molecule has 1 heterocycles. The summed E-state index contributed by atoms with van der Waals surface area (Å²) in [6, 6.07) is 19.4. The lowest BCUT2D eigenvalue weighted by Gasteiger charge is -2.30. The van der Waals surface area contributed by atoms with Crippen molar-refractivity contribution in [2.45, 2.75) is 13.2 Å². The third kappa shape index (κ3) is 5.18. The largest absolute Gasteiger partial charge is 0.488 e. The number of rotatable bonds is 8. The van der Waals surface area contributed by atoms with Gasteiger partial charge in [-0.3, -0.25) is 0 Å². The van der Waals surface area contributed by atoms with Crippen LogP contribution in [-0.2, 0) is 17.9 Å². The van der Waals surface area contributed by atoms with Gasteiger partial charge in [-0.25, -0.2) is 9.18 Å². The van der Waals surface area contributed by atoms with Crippen molar-refractivity contribution in [3.63, 3.8) is 0 Å². The van der Waals surface area contributed by atoms with Crippen LogP contribution in [0, 0.1) is 5.82 Å². The SMILES string of the molecule is O=C(O)c1cc(NCc2ccccc2OCc2ccccc2F)ccc1N1CCOCC1. The van der Waals surface area contributed by atoms with Crippen molar-refractivity contribution < 1.29 is 23.8 Å². The Morgan fingerprint density at radius 1 is 1.03 bits per heavy atom. The molecule has 3 aromatic carbocycles. The summed E-state index contributed by atoms with van der Waals surface area (Å²) in [4.78, 5) is 13.9. The van der Waals surface area contributed by atoms with Crippen molar-refractivity contribution >= 4 is 17.3 Å². The molecule has 0 saturated carbocycles. The number of halogens is 1. The lowest BCUT2D eigenvalue weighted by Crippen LogP contribution is -2.37. The van der Waals surface area contributed by atoms with Crippen molar-refractivity contribution in [3.8, 4) is 5.75 Å². The Morgan fingerprint density at radius 3 is 2.50 bits per heavy atom. The monoisotopic (exact) mass is 436 g/mol. The molecular formula is C25H25FN2O4. The highest BCUT2D eigenvalue weighted by atomic mass is 19.1. The first kappa shape index (κ1) is 21.6. The Balaban J connectivity index is 1.46. The topological polar surface area (TPSA) is 71.0 Å². The number of carbonyl (C=O) groups is 1. The number of hydrogen-bond donors (Lipinski definition) is 2. The number of carboxylic acids is 1. The predicted octanol–water partition coefficient (Wildman–Crippen LogP) is 4.55. The van der Waals surface area contributed by atoms with E-state index in [-0.39, 0.29) is 18.0 Å². The van der Waals surface area contributed by atoms with Crippen LogP contribution in [0.15, 0.2) is 66.7 Å². The second-order valence-corrected chi connectivity index (χ2v) is 7.48. The van der Waals surface area contributed by atoms with Crippen LogP contribution in [0.1, 0.15) is 21.5 Å². The van der Waals surface area contributed by atoms with Crippen molar-refractivity contribution in [2.75, 3.05) is 36.5 Å². The molecule has 0 amide bonds. The van der Waals surface area contributed by atoms with Crippen LogP contribution in [0.3, 0.4) is 0 Å². The van der Waals surface area contributed by atoms with Gasteiger partial charge >= 0.3 is 5.97 Å². The summed E-state index contributed by atoms with van der Waals surface area (Å²) in [5.41, 5.74) is 3.02. The van der Waals surface area contributed by atoms with Gasteiger partial charge in [0.05, 0.1) is 24.5 Å². The number of carboxylic acid groups (broad SMARTS) is 1. The van der Waals surface area contributed by atoms with E-state index in [9.17, 15) is 14.3 Å². The lowest BCUT2D eigenvalue weighted by molar-refractivity contribution is 0.0696. The summed E-state index contributed by atoms with van der Waals surface area (Å²) < 4.78 is 25.1. The zero-order valence-corrected chi connectivity index (χ0v) is 17.6. The van der Waals surface area contributed by atoms with Crippen LogP contribution in [0.5, 0.6) is 5.75 Å². The first-order chi connectivity index (χ1) is 15.6. The molecule has 7 heteroatoms. The molecule has 1 aliphatic rings. The van der Waals surface area contributed by atoms with Crippen molar-refractivity contribution in [1.82, 2.24) is 0 Å². The van der Waals surface area contributed by atoms with Gasteiger partial charge in [0, 0.05) is 36.4 Å². The molecule has 0 aromatic heterocycles. The van der Waals surface area contributed by atoms with Gasteiger partial charge in [0.2, 0.25) is 0 Å². The van der Waals surface area contributed by atoms with Crippen LogP contribution in [0.4, 0.5) is 15.8 Å². The number of para-hydroxylation sites is 1. The molecule has 1 saturated heterocycles. The molecule has 4 rings (SSSR count). The van der Waals surface area contributed by atoms with E-state index in [1.165, 1.54) is 6.07 Å². The summed E-state index contributed by atoms with van der Waals surface area (Å²) >= 11 is 0. The van der Waals surface area contributed by atoms with E-state index in [1.807, 2.05) is 41.3 Å². The molecule has 0 unspecified atom stereocenters. The number of benzene rings is 3. The van der Waals surface area contributed by atoms with Gasteiger partial charge in [0.15, 0.2) is 0 Å². The van der Waals surface area contributed by atoms with Crippen molar-refractivity contribution in [1.29, 1.82) is 0 Å². The molecule has 0 spiro atoms. The van der Waals surface area contributed by atoms with E-state index in [0.29, 0.717) is 55.5 Å². The van der Waals surface area contributed by atoms with Crippen molar-refractivity contribution in [3.05, 3.63) is 89.2 Å². The molecule has 0 aliphatic carbocycles. The van der Waals surface area contributed by atoms with Gasteiger partial charge in [0.25, 0.3) is 0 Å². The Hall–Kier alpha value is -3.58. The van der Waals surface area contributed by atoms with Crippen LogP contribution < -0.4 is 15.0 Å². The minimum atomic E-state index is -0.969. The second-order valence-electron chi connectivity index (χ2n) is 7.48. The van der Waals surface area contributed by atoms with Gasteiger partial charge in [-0.05, 0) is 30.3 Å². The van der Waals surface area contributed by atoms with Gasteiger partial charge < -0.3 is 24.8 Å². The fourth-order valence-electron chi connectivity index (χ4n) is 3.66. The molecule has 0 radical (unpaired) electrons. The molecule has 3 aromatic rings. The van der Waals surface area contributed by atoms with E-state index >= 15 is 0 Å². The van der Waals surface area contributed by atoms with E-state index in [2.05, 4.69) is 5.32 Å². The molecule has 0 bridgehead atoms. The van der Waals surface area contributed by atoms with Gasteiger partial charge in [-0.2, -0.15) is 0 Å². The van der Waals surface area contributed by atoms with Crippen LogP contribution in [-0.4, -0.2) is 37.4 Å². The quantitative estimate of drug-likeness (QED) is 0.540. The number of nitrogens with one attached hydrogen (secondary N) is 1. The summed E-state index contributed by atoms with van der Waals surface area (Å²) in [7, 11) is 0.